The molecule has 4 nitrogen and oxygen atoms in total. The third-order valence-electron chi connectivity index (χ3n) is 4.28. The van der Waals surface area contributed by atoms with E-state index in [-0.39, 0.29) is 6.10 Å². The second-order valence-corrected chi connectivity index (χ2v) is 6.08. The molecular weight excluding hydrogens is 290 g/mol. The van der Waals surface area contributed by atoms with Crippen molar-refractivity contribution < 1.29 is 14.3 Å². The van der Waals surface area contributed by atoms with Gasteiger partial charge in [-0.3, -0.25) is 4.90 Å². The van der Waals surface area contributed by atoms with Gasteiger partial charge in [0.05, 0.1) is 19.3 Å². The first-order chi connectivity index (χ1) is 11.2. The van der Waals surface area contributed by atoms with Gasteiger partial charge in [-0.05, 0) is 69.1 Å². The van der Waals surface area contributed by atoms with Crippen molar-refractivity contribution in [2.45, 2.75) is 38.8 Å². The smallest absolute Gasteiger partial charge is 0.134 e. The number of aliphatic hydroxyl groups excluding tert-OH is 1. The Morgan fingerprint density at radius 3 is 2.74 bits per heavy atom. The summed E-state index contributed by atoms with van der Waals surface area (Å²) in [7, 11) is 0. The SMILES string of the molecule is CCOc1ccc(-c2ccc(CN3CCC[C@H](O)CC3)o2)cc1. The molecule has 1 aromatic heterocycles. The molecule has 0 aliphatic carbocycles. The largest absolute Gasteiger partial charge is 0.494 e. The van der Waals surface area contributed by atoms with Gasteiger partial charge in [0.25, 0.3) is 0 Å². The molecule has 1 N–H and O–H groups in total. The normalized spacial score (nSPS) is 19.5. The quantitative estimate of drug-likeness (QED) is 0.914. The van der Waals surface area contributed by atoms with E-state index >= 15 is 0 Å². The van der Waals surface area contributed by atoms with E-state index in [2.05, 4.69) is 4.90 Å². The van der Waals surface area contributed by atoms with E-state index in [1.54, 1.807) is 0 Å². The number of hydrogen-bond donors (Lipinski definition) is 1. The van der Waals surface area contributed by atoms with Crippen molar-refractivity contribution in [3.8, 4) is 17.1 Å². The number of nitrogens with zero attached hydrogens (tertiary/aromatic N) is 1. The van der Waals surface area contributed by atoms with Crippen LogP contribution in [-0.2, 0) is 6.54 Å². The van der Waals surface area contributed by atoms with Gasteiger partial charge in [-0.25, -0.2) is 0 Å². The molecule has 0 amide bonds. The number of likely N-dealkylation sites (tertiary alicyclic amines) is 1. The number of ether oxygens (including phenoxy) is 1. The molecule has 3 rings (SSSR count). The van der Waals surface area contributed by atoms with E-state index in [9.17, 15) is 5.11 Å². The molecule has 1 atom stereocenters. The lowest BCUT2D eigenvalue weighted by molar-refractivity contribution is 0.153. The fourth-order valence-electron chi connectivity index (χ4n) is 3.02. The van der Waals surface area contributed by atoms with Crippen molar-refractivity contribution in [2.75, 3.05) is 19.7 Å². The van der Waals surface area contributed by atoms with Crippen LogP contribution in [0.25, 0.3) is 11.3 Å². The fourth-order valence-corrected chi connectivity index (χ4v) is 3.02. The molecule has 1 fully saturated rings. The van der Waals surface area contributed by atoms with Crippen LogP contribution in [0.2, 0.25) is 0 Å². The van der Waals surface area contributed by atoms with Crippen molar-refractivity contribution in [1.82, 2.24) is 4.90 Å². The second kappa shape index (κ2) is 7.66. The van der Waals surface area contributed by atoms with Gasteiger partial charge in [-0.15, -0.1) is 0 Å². The molecule has 0 radical (unpaired) electrons. The Morgan fingerprint density at radius 1 is 1.13 bits per heavy atom. The first kappa shape index (κ1) is 16.1. The molecule has 2 aromatic rings. The topological polar surface area (TPSA) is 45.8 Å². The molecule has 124 valence electrons. The summed E-state index contributed by atoms with van der Waals surface area (Å²) in [5.74, 6) is 2.74. The molecule has 1 aliphatic rings. The van der Waals surface area contributed by atoms with Gasteiger partial charge in [0.15, 0.2) is 0 Å². The maximum absolute atomic E-state index is 9.73. The van der Waals surface area contributed by atoms with Gasteiger partial charge in [0, 0.05) is 12.1 Å². The zero-order chi connectivity index (χ0) is 16.1. The molecular formula is C19H25NO3. The van der Waals surface area contributed by atoms with Crippen molar-refractivity contribution in [3.05, 3.63) is 42.2 Å². The standard InChI is InChI=1S/C19H25NO3/c1-2-22-17-7-5-15(6-8-17)19-10-9-18(23-19)14-20-12-3-4-16(21)11-13-20/h5-10,16,21H,2-4,11-14H2,1H3/t16-/m0/s1. The Hall–Kier alpha value is -1.78. The van der Waals surface area contributed by atoms with Crippen molar-refractivity contribution in [1.29, 1.82) is 0 Å². The van der Waals surface area contributed by atoms with E-state index in [0.29, 0.717) is 6.61 Å². The molecule has 4 heteroatoms. The van der Waals surface area contributed by atoms with E-state index in [1.807, 2.05) is 43.3 Å². The van der Waals surface area contributed by atoms with Crippen LogP contribution in [0.3, 0.4) is 0 Å². The average Bonchev–Trinajstić information content (AvgIpc) is 2.92. The third-order valence-corrected chi connectivity index (χ3v) is 4.28. The lowest BCUT2D eigenvalue weighted by atomic mass is 10.2. The first-order valence-corrected chi connectivity index (χ1v) is 8.47. The van der Waals surface area contributed by atoms with Gasteiger partial charge in [-0.1, -0.05) is 0 Å². The average molecular weight is 315 g/mol. The predicted molar refractivity (Wildman–Crippen MR) is 90.4 cm³/mol. The lowest BCUT2D eigenvalue weighted by Crippen LogP contribution is -2.24. The van der Waals surface area contributed by atoms with Gasteiger partial charge < -0.3 is 14.3 Å². The Labute approximate surface area is 137 Å². The molecule has 1 aromatic carbocycles. The number of benzene rings is 1. The molecule has 0 bridgehead atoms. The number of aliphatic hydroxyl groups is 1. The summed E-state index contributed by atoms with van der Waals surface area (Å²) in [5.41, 5.74) is 1.06. The first-order valence-electron chi connectivity index (χ1n) is 8.47. The maximum atomic E-state index is 9.73. The minimum Gasteiger partial charge on any atom is -0.494 e. The van der Waals surface area contributed by atoms with E-state index in [1.165, 1.54) is 0 Å². The van der Waals surface area contributed by atoms with E-state index < -0.39 is 0 Å². The van der Waals surface area contributed by atoms with Crippen LogP contribution >= 0.6 is 0 Å². The second-order valence-electron chi connectivity index (χ2n) is 6.08. The highest BCUT2D eigenvalue weighted by atomic mass is 16.5. The summed E-state index contributed by atoms with van der Waals surface area (Å²) in [4.78, 5) is 2.36. The minimum absolute atomic E-state index is 0.143. The van der Waals surface area contributed by atoms with Crippen molar-refractivity contribution in [2.24, 2.45) is 0 Å². The molecule has 1 saturated heterocycles. The zero-order valence-electron chi connectivity index (χ0n) is 13.7. The Kier molecular flexibility index (Phi) is 5.36. The van der Waals surface area contributed by atoms with Crippen molar-refractivity contribution >= 4 is 0 Å². The number of rotatable bonds is 5. The van der Waals surface area contributed by atoms with Crippen LogP contribution in [0, 0.1) is 0 Å². The molecule has 0 unspecified atom stereocenters. The van der Waals surface area contributed by atoms with Crippen LogP contribution in [0.4, 0.5) is 0 Å². The lowest BCUT2D eigenvalue weighted by Gasteiger charge is -2.18. The molecule has 0 saturated carbocycles. The van der Waals surface area contributed by atoms with E-state index in [4.69, 9.17) is 9.15 Å². The molecule has 2 heterocycles. The van der Waals surface area contributed by atoms with Crippen LogP contribution in [0.15, 0.2) is 40.8 Å². The van der Waals surface area contributed by atoms with Gasteiger partial charge in [0.2, 0.25) is 0 Å². The van der Waals surface area contributed by atoms with Crippen LogP contribution in [-0.4, -0.2) is 35.8 Å². The summed E-state index contributed by atoms with van der Waals surface area (Å²) in [6.45, 7) is 5.42. The third kappa shape index (κ3) is 4.36. The van der Waals surface area contributed by atoms with Gasteiger partial charge >= 0.3 is 0 Å². The Morgan fingerprint density at radius 2 is 1.96 bits per heavy atom. The number of furan rings is 1. The monoisotopic (exact) mass is 315 g/mol. The molecule has 0 spiro atoms. The van der Waals surface area contributed by atoms with Crippen LogP contribution in [0.5, 0.6) is 5.75 Å². The van der Waals surface area contributed by atoms with Crippen molar-refractivity contribution in [3.63, 3.8) is 0 Å². The summed E-state index contributed by atoms with van der Waals surface area (Å²) in [6.07, 6.45) is 2.67. The summed E-state index contributed by atoms with van der Waals surface area (Å²) in [5, 5.41) is 9.73. The van der Waals surface area contributed by atoms with Gasteiger partial charge in [0.1, 0.15) is 17.3 Å². The molecule has 23 heavy (non-hydrogen) atoms. The summed E-state index contributed by atoms with van der Waals surface area (Å²) < 4.78 is 11.5. The summed E-state index contributed by atoms with van der Waals surface area (Å²) >= 11 is 0. The number of hydrogen-bond acceptors (Lipinski definition) is 4. The van der Waals surface area contributed by atoms with Gasteiger partial charge in [-0.2, -0.15) is 0 Å². The van der Waals surface area contributed by atoms with Crippen LogP contribution in [0.1, 0.15) is 31.9 Å². The Bertz CT molecular complexity index is 605. The maximum Gasteiger partial charge on any atom is 0.134 e. The Balaban J connectivity index is 1.63. The minimum atomic E-state index is -0.143. The zero-order valence-corrected chi connectivity index (χ0v) is 13.7. The highest BCUT2D eigenvalue weighted by Crippen LogP contribution is 2.25. The highest BCUT2D eigenvalue weighted by Gasteiger charge is 2.16. The predicted octanol–water partition coefficient (Wildman–Crippen LogP) is 3.69. The molecule has 1 aliphatic heterocycles. The summed E-state index contributed by atoms with van der Waals surface area (Å²) in [6, 6.07) is 12.1. The fraction of sp³-hybridized carbons (Fsp3) is 0.474. The highest BCUT2D eigenvalue weighted by molar-refractivity contribution is 5.58. The van der Waals surface area contributed by atoms with E-state index in [0.717, 1.165) is 61.7 Å². The van der Waals surface area contributed by atoms with Crippen LogP contribution < -0.4 is 4.74 Å².